The molecule has 3 heterocycles. The number of piperazine rings is 1. The number of nitrogens with zero attached hydrogens (tertiary/aromatic N) is 3. The van der Waals surface area contributed by atoms with Crippen molar-refractivity contribution in [1.29, 1.82) is 0 Å². The molecule has 0 atom stereocenters. The Kier molecular flexibility index (Phi) is 3.78. The maximum absolute atomic E-state index is 13.1. The summed E-state index contributed by atoms with van der Waals surface area (Å²) in [4.78, 5) is 11.1. The van der Waals surface area contributed by atoms with Gasteiger partial charge in [0.2, 0.25) is 5.95 Å². The first kappa shape index (κ1) is 14.8. The molecule has 1 saturated heterocycles. The van der Waals surface area contributed by atoms with E-state index in [9.17, 15) is 13.2 Å². The van der Waals surface area contributed by atoms with Crippen LogP contribution in [0.4, 0.5) is 19.1 Å². The number of alkyl halides is 3. The largest absolute Gasteiger partial charge is 0.463 e. The molecule has 22 heavy (non-hydrogen) atoms. The Morgan fingerprint density at radius 2 is 1.95 bits per heavy atom. The number of hydrogen-bond acceptors (Lipinski definition) is 4. The zero-order chi connectivity index (χ0) is 15.7. The van der Waals surface area contributed by atoms with E-state index in [0.29, 0.717) is 18.8 Å². The van der Waals surface area contributed by atoms with Gasteiger partial charge in [-0.2, -0.15) is 13.2 Å². The molecular formula is C14H16F3N4O+. The number of likely N-dealkylation sites (N-methyl/N-ethyl adjacent to an activating group) is 1. The minimum Gasteiger partial charge on any atom is -0.463 e. The smallest absolute Gasteiger partial charge is 0.433 e. The Balaban J connectivity index is 2.00. The van der Waals surface area contributed by atoms with Crippen molar-refractivity contribution in [2.24, 2.45) is 0 Å². The fourth-order valence-corrected chi connectivity index (χ4v) is 2.36. The molecule has 1 aliphatic rings. The molecule has 3 rings (SSSR count). The lowest BCUT2D eigenvalue weighted by molar-refractivity contribution is -0.880. The standard InChI is InChI=1S/C14H15F3N4O/c1-20-4-6-21(7-5-20)13-18-10(11-3-2-8-22-11)9-12(19-13)14(15,16)17/h2-3,8-9H,4-7H2,1H3/p+1. The van der Waals surface area contributed by atoms with Crippen LogP contribution in [0.2, 0.25) is 0 Å². The summed E-state index contributed by atoms with van der Waals surface area (Å²) in [6.07, 6.45) is -3.11. The summed E-state index contributed by atoms with van der Waals surface area (Å²) in [5.41, 5.74) is -0.802. The van der Waals surface area contributed by atoms with Crippen LogP contribution in [0.25, 0.3) is 11.5 Å². The van der Waals surface area contributed by atoms with Crippen LogP contribution >= 0.6 is 0 Å². The topological polar surface area (TPSA) is 46.6 Å². The molecule has 0 aliphatic carbocycles. The van der Waals surface area contributed by atoms with Gasteiger partial charge in [-0.3, -0.25) is 0 Å². The first-order valence-electron chi connectivity index (χ1n) is 7.00. The molecule has 2 aromatic rings. The second-order valence-electron chi connectivity index (χ2n) is 5.36. The second-order valence-corrected chi connectivity index (χ2v) is 5.36. The predicted molar refractivity (Wildman–Crippen MR) is 73.6 cm³/mol. The molecule has 0 amide bonds. The highest BCUT2D eigenvalue weighted by molar-refractivity contribution is 5.55. The normalized spacial score (nSPS) is 17.0. The Labute approximate surface area is 125 Å². The maximum Gasteiger partial charge on any atom is 0.433 e. The van der Waals surface area contributed by atoms with E-state index in [0.717, 1.165) is 19.2 Å². The van der Waals surface area contributed by atoms with Gasteiger partial charge >= 0.3 is 6.18 Å². The zero-order valence-corrected chi connectivity index (χ0v) is 12.0. The van der Waals surface area contributed by atoms with Gasteiger partial charge in [0.1, 0.15) is 5.69 Å². The molecule has 118 valence electrons. The minimum atomic E-state index is -4.52. The fourth-order valence-electron chi connectivity index (χ4n) is 2.36. The summed E-state index contributed by atoms with van der Waals surface area (Å²) in [5, 5.41) is 0. The highest BCUT2D eigenvalue weighted by atomic mass is 19.4. The highest BCUT2D eigenvalue weighted by Gasteiger charge is 2.35. The van der Waals surface area contributed by atoms with E-state index >= 15 is 0 Å². The van der Waals surface area contributed by atoms with Gasteiger partial charge in [-0.25, -0.2) is 9.97 Å². The zero-order valence-electron chi connectivity index (χ0n) is 12.0. The van der Waals surface area contributed by atoms with Gasteiger partial charge < -0.3 is 14.2 Å². The average molecular weight is 313 g/mol. The average Bonchev–Trinajstić information content (AvgIpc) is 3.01. The molecule has 0 saturated carbocycles. The Bertz CT molecular complexity index is 634. The minimum absolute atomic E-state index is 0.105. The molecule has 0 bridgehead atoms. The first-order valence-corrected chi connectivity index (χ1v) is 7.00. The number of nitrogens with one attached hydrogen (secondary N) is 1. The van der Waals surface area contributed by atoms with E-state index in [-0.39, 0.29) is 11.6 Å². The van der Waals surface area contributed by atoms with Crippen LogP contribution in [0.3, 0.4) is 0 Å². The Morgan fingerprint density at radius 1 is 1.23 bits per heavy atom. The van der Waals surface area contributed by atoms with Crippen molar-refractivity contribution in [3.63, 3.8) is 0 Å². The summed E-state index contributed by atoms with van der Waals surface area (Å²) in [6, 6.07) is 4.12. The second kappa shape index (κ2) is 5.60. The number of furan rings is 1. The third kappa shape index (κ3) is 3.06. The Hall–Kier alpha value is -2.09. The van der Waals surface area contributed by atoms with Crippen LogP contribution in [0.1, 0.15) is 5.69 Å². The van der Waals surface area contributed by atoms with E-state index in [2.05, 4.69) is 17.0 Å². The van der Waals surface area contributed by atoms with Crippen LogP contribution in [0.15, 0.2) is 28.9 Å². The van der Waals surface area contributed by atoms with E-state index in [1.54, 1.807) is 17.0 Å². The number of rotatable bonds is 2. The van der Waals surface area contributed by atoms with Crippen LogP contribution < -0.4 is 9.80 Å². The van der Waals surface area contributed by atoms with Gasteiger partial charge in [0.25, 0.3) is 0 Å². The van der Waals surface area contributed by atoms with E-state index < -0.39 is 11.9 Å². The van der Waals surface area contributed by atoms with Crippen molar-refractivity contribution in [3.8, 4) is 11.5 Å². The van der Waals surface area contributed by atoms with Gasteiger partial charge in [-0.1, -0.05) is 0 Å². The summed E-state index contributed by atoms with van der Waals surface area (Å²) in [5.74, 6) is 0.405. The lowest BCUT2D eigenvalue weighted by Gasteiger charge is -2.30. The number of anilines is 1. The molecular weight excluding hydrogens is 297 g/mol. The van der Waals surface area contributed by atoms with Crippen molar-refractivity contribution >= 4 is 5.95 Å². The number of hydrogen-bond donors (Lipinski definition) is 1. The summed E-state index contributed by atoms with van der Waals surface area (Å²) in [7, 11) is 2.05. The molecule has 8 heteroatoms. The molecule has 5 nitrogen and oxygen atoms in total. The fraction of sp³-hybridized carbons (Fsp3) is 0.429. The van der Waals surface area contributed by atoms with E-state index in [1.165, 1.54) is 11.2 Å². The first-order chi connectivity index (χ1) is 10.4. The van der Waals surface area contributed by atoms with E-state index in [4.69, 9.17) is 4.42 Å². The molecule has 1 fully saturated rings. The van der Waals surface area contributed by atoms with Gasteiger partial charge in [0.05, 0.1) is 39.5 Å². The monoisotopic (exact) mass is 313 g/mol. The Morgan fingerprint density at radius 3 is 2.55 bits per heavy atom. The molecule has 1 N–H and O–H groups in total. The van der Waals surface area contributed by atoms with Crippen molar-refractivity contribution in [3.05, 3.63) is 30.2 Å². The number of halogens is 3. The van der Waals surface area contributed by atoms with Crippen LogP contribution in [-0.2, 0) is 6.18 Å². The molecule has 0 spiro atoms. The molecule has 0 aromatic carbocycles. The molecule has 2 aromatic heterocycles. The summed E-state index contributed by atoms with van der Waals surface area (Å²) in [6.45, 7) is 2.95. The van der Waals surface area contributed by atoms with Gasteiger partial charge in [-0.05, 0) is 18.2 Å². The van der Waals surface area contributed by atoms with E-state index in [1.807, 2.05) is 0 Å². The van der Waals surface area contributed by atoms with Crippen LogP contribution in [-0.4, -0.2) is 43.2 Å². The van der Waals surface area contributed by atoms with Gasteiger partial charge in [0.15, 0.2) is 11.5 Å². The number of quaternary nitrogens is 1. The summed E-state index contributed by atoms with van der Waals surface area (Å²) < 4.78 is 44.4. The summed E-state index contributed by atoms with van der Waals surface area (Å²) >= 11 is 0. The highest BCUT2D eigenvalue weighted by Crippen LogP contribution is 2.31. The SMILES string of the molecule is C[NH+]1CCN(c2nc(-c3ccco3)cc(C(F)(F)F)n2)CC1. The predicted octanol–water partition coefficient (Wildman–Crippen LogP) is 1.09. The van der Waals surface area contributed by atoms with Crippen molar-refractivity contribution in [2.75, 3.05) is 38.1 Å². The van der Waals surface area contributed by atoms with Crippen molar-refractivity contribution in [2.45, 2.75) is 6.18 Å². The van der Waals surface area contributed by atoms with Crippen molar-refractivity contribution < 1.29 is 22.5 Å². The number of aromatic nitrogens is 2. The molecule has 1 aliphatic heterocycles. The molecule has 0 unspecified atom stereocenters. The third-order valence-corrected chi connectivity index (χ3v) is 3.68. The van der Waals surface area contributed by atoms with Crippen LogP contribution in [0, 0.1) is 0 Å². The lowest BCUT2D eigenvalue weighted by Crippen LogP contribution is -3.12. The van der Waals surface area contributed by atoms with Gasteiger partial charge in [0, 0.05) is 0 Å². The quantitative estimate of drug-likeness (QED) is 0.902. The van der Waals surface area contributed by atoms with Crippen molar-refractivity contribution in [1.82, 2.24) is 9.97 Å². The van der Waals surface area contributed by atoms with Crippen LogP contribution in [0.5, 0.6) is 0 Å². The third-order valence-electron chi connectivity index (χ3n) is 3.68. The maximum atomic E-state index is 13.1. The molecule has 0 radical (unpaired) electrons. The van der Waals surface area contributed by atoms with Gasteiger partial charge in [-0.15, -0.1) is 0 Å². The lowest BCUT2D eigenvalue weighted by atomic mass is 10.2.